The van der Waals surface area contributed by atoms with E-state index in [1.807, 2.05) is 0 Å². The molecule has 0 bridgehead atoms. The molecule has 0 aliphatic heterocycles. The number of rotatable bonds is 5. The van der Waals surface area contributed by atoms with Gasteiger partial charge in [0.2, 0.25) is 0 Å². The molecule has 302 valence electrons. The quantitative estimate of drug-likeness (QED) is 0.162. The van der Waals surface area contributed by atoms with Gasteiger partial charge in [-0.2, -0.15) is 0 Å². The van der Waals surface area contributed by atoms with Crippen LogP contribution in [-0.2, 0) is 5.41 Å². The van der Waals surface area contributed by atoms with Crippen LogP contribution in [0.2, 0.25) is 0 Å². The zero-order valence-corrected chi connectivity index (χ0v) is 35.3. The van der Waals surface area contributed by atoms with Gasteiger partial charge in [-0.25, -0.2) is 0 Å². The first kappa shape index (κ1) is 36.1. The van der Waals surface area contributed by atoms with Crippen LogP contribution >= 0.6 is 0 Å². The number of hydrogen-bond acceptors (Lipinski definition) is 2. The van der Waals surface area contributed by atoms with Crippen LogP contribution in [0, 0.1) is 0 Å². The fourth-order valence-corrected chi connectivity index (χ4v) is 11.5. The summed E-state index contributed by atoms with van der Waals surface area (Å²) in [6.45, 7) is 0. The van der Waals surface area contributed by atoms with E-state index in [1.54, 1.807) is 0 Å². The Balaban J connectivity index is 1.08. The molecule has 0 saturated carbocycles. The largest absolute Gasteiger partial charge is 0.455 e. The van der Waals surface area contributed by atoms with Gasteiger partial charge in [0.25, 0.3) is 0 Å². The third kappa shape index (κ3) is 4.99. The first-order chi connectivity index (χ1) is 32.3. The maximum atomic E-state index is 7.20. The maximum Gasteiger partial charge on any atom is 0.144 e. The summed E-state index contributed by atoms with van der Waals surface area (Å²) < 4.78 is 14.2. The van der Waals surface area contributed by atoms with E-state index >= 15 is 0 Å². The summed E-state index contributed by atoms with van der Waals surface area (Å²) in [6.07, 6.45) is 0. The Morgan fingerprint density at radius 2 is 0.708 bits per heavy atom. The molecule has 0 saturated heterocycles. The normalized spacial score (nSPS) is 13.0. The maximum absolute atomic E-state index is 7.20. The average Bonchev–Trinajstić information content (AvgIpc) is 4.05. The monoisotopic (exact) mass is 826 g/mol. The molecule has 13 aromatic rings. The van der Waals surface area contributed by atoms with Crippen LogP contribution < -0.4 is 0 Å². The highest BCUT2D eigenvalue weighted by atomic mass is 16.3. The van der Waals surface area contributed by atoms with Crippen molar-refractivity contribution < 1.29 is 8.83 Å². The molecule has 0 spiro atoms. The number of benzene rings is 11. The highest BCUT2D eigenvalue weighted by molar-refractivity contribution is 6.23. The van der Waals surface area contributed by atoms with E-state index in [2.05, 4.69) is 231 Å². The van der Waals surface area contributed by atoms with Crippen molar-refractivity contribution in [1.29, 1.82) is 0 Å². The van der Waals surface area contributed by atoms with E-state index in [1.165, 1.54) is 66.1 Å². The molecule has 0 N–H and O–H groups in total. The van der Waals surface area contributed by atoms with Gasteiger partial charge in [-0.3, -0.25) is 0 Å². The lowest BCUT2D eigenvalue weighted by Crippen LogP contribution is -2.28. The molecule has 2 aromatic heterocycles. The number of fused-ring (bicyclic) bond motifs is 13. The number of hydrogen-bond donors (Lipinski definition) is 0. The minimum absolute atomic E-state index is 0.680. The average molecular weight is 827 g/mol. The highest BCUT2D eigenvalue weighted by Gasteiger charge is 2.49. The summed E-state index contributed by atoms with van der Waals surface area (Å²) in [6, 6.07) is 83.8. The Hall–Kier alpha value is -8.46. The van der Waals surface area contributed by atoms with E-state index in [4.69, 9.17) is 8.83 Å². The van der Waals surface area contributed by atoms with Gasteiger partial charge in [-0.1, -0.05) is 212 Å². The summed E-state index contributed by atoms with van der Waals surface area (Å²) in [4.78, 5) is 0. The van der Waals surface area contributed by atoms with Crippen molar-refractivity contribution in [3.05, 3.63) is 253 Å². The molecule has 2 heterocycles. The second-order valence-corrected chi connectivity index (χ2v) is 17.4. The first-order valence-electron chi connectivity index (χ1n) is 22.4. The summed E-state index contributed by atoms with van der Waals surface area (Å²) in [5.74, 6) is 0. The van der Waals surface area contributed by atoms with Crippen molar-refractivity contribution in [3.63, 3.8) is 0 Å². The molecule has 1 aliphatic carbocycles. The van der Waals surface area contributed by atoms with Crippen LogP contribution in [-0.4, -0.2) is 0 Å². The van der Waals surface area contributed by atoms with Crippen LogP contribution in [0.25, 0.3) is 110 Å². The smallest absolute Gasteiger partial charge is 0.144 e. The van der Waals surface area contributed by atoms with E-state index in [0.717, 1.165) is 66.1 Å². The summed E-state index contributed by atoms with van der Waals surface area (Å²) in [5.41, 5.74) is 16.9. The van der Waals surface area contributed by atoms with Gasteiger partial charge < -0.3 is 8.83 Å². The Bertz CT molecular complexity index is 3930. The molecule has 65 heavy (non-hydrogen) atoms. The summed E-state index contributed by atoms with van der Waals surface area (Å²) >= 11 is 0. The molecule has 2 nitrogen and oxygen atoms in total. The van der Waals surface area contributed by atoms with Gasteiger partial charge in [0, 0.05) is 32.7 Å². The molecule has 0 atom stereocenters. The first-order valence-corrected chi connectivity index (χ1v) is 22.4. The Kier molecular flexibility index (Phi) is 7.64. The Morgan fingerprint density at radius 3 is 1.29 bits per heavy atom. The van der Waals surface area contributed by atoms with Gasteiger partial charge >= 0.3 is 0 Å². The standard InChI is InChI=1S/C63H38O2/c1-4-18-40(19-5-1)56-45-25-10-12-27-47(45)57(48-28-13-11-26-46(48)56)41-34-32-39(33-35-41)51-38-53-60(62-58(51)50-29-15-17-31-55(50)65-62)59-52(37-36-49-44-24-14-16-30-54(44)64-61(49)59)63(53,42-20-6-2-7-21-42)43-22-8-3-9-23-43/h1-38H. The van der Waals surface area contributed by atoms with Gasteiger partial charge in [0.05, 0.1) is 5.41 Å². The molecule has 0 fully saturated rings. The lowest BCUT2D eigenvalue weighted by molar-refractivity contribution is 0.665. The van der Waals surface area contributed by atoms with E-state index < -0.39 is 5.41 Å². The zero-order valence-electron chi connectivity index (χ0n) is 35.3. The van der Waals surface area contributed by atoms with Gasteiger partial charge in [-0.15, -0.1) is 0 Å². The summed E-state index contributed by atoms with van der Waals surface area (Å²) in [5, 5.41) is 9.38. The zero-order chi connectivity index (χ0) is 42.6. The molecule has 11 aromatic carbocycles. The van der Waals surface area contributed by atoms with Crippen LogP contribution in [0.3, 0.4) is 0 Å². The minimum Gasteiger partial charge on any atom is -0.455 e. The van der Waals surface area contributed by atoms with Crippen LogP contribution in [0.1, 0.15) is 22.3 Å². The van der Waals surface area contributed by atoms with Crippen molar-refractivity contribution in [2.24, 2.45) is 0 Å². The van der Waals surface area contributed by atoms with Crippen molar-refractivity contribution in [3.8, 4) is 44.5 Å². The Morgan fingerprint density at radius 1 is 0.277 bits per heavy atom. The third-order valence-electron chi connectivity index (χ3n) is 14.1. The predicted octanol–water partition coefficient (Wildman–Crippen LogP) is 17.2. The molecular weight excluding hydrogens is 789 g/mol. The van der Waals surface area contributed by atoms with Gasteiger partial charge in [0.15, 0.2) is 0 Å². The summed E-state index contributed by atoms with van der Waals surface area (Å²) in [7, 11) is 0. The lowest BCUT2D eigenvalue weighted by Gasteiger charge is -2.34. The second-order valence-electron chi connectivity index (χ2n) is 17.4. The van der Waals surface area contributed by atoms with Crippen LogP contribution in [0.15, 0.2) is 239 Å². The number of para-hydroxylation sites is 2. The molecule has 0 amide bonds. The van der Waals surface area contributed by atoms with Crippen LogP contribution in [0.4, 0.5) is 0 Å². The molecule has 14 rings (SSSR count). The molecule has 1 aliphatic rings. The number of furan rings is 2. The van der Waals surface area contributed by atoms with Gasteiger partial charge in [-0.05, 0) is 95.4 Å². The fraction of sp³-hybridized carbons (Fsp3) is 0.0159. The van der Waals surface area contributed by atoms with Gasteiger partial charge in [0.1, 0.15) is 22.3 Å². The topological polar surface area (TPSA) is 26.3 Å². The molecular formula is C63H38O2. The van der Waals surface area contributed by atoms with Crippen molar-refractivity contribution >= 4 is 65.4 Å². The fourth-order valence-electron chi connectivity index (χ4n) is 11.5. The highest BCUT2D eigenvalue weighted by Crippen LogP contribution is 2.62. The molecule has 2 heteroatoms. The molecule has 0 unspecified atom stereocenters. The van der Waals surface area contributed by atoms with E-state index in [-0.39, 0.29) is 0 Å². The van der Waals surface area contributed by atoms with Crippen molar-refractivity contribution in [1.82, 2.24) is 0 Å². The minimum atomic E-state index is -0.680. The SMILES string of the molecule is c1ccc(-c2c3ccccc3c(-c3ccc(-c4cc5c(c6oc7ccccc7c46)-c4c(ccc6c4oc4ccccc46)C5(c4ccccc4)c4ccccc4)cc3)c3ccccc23)cc1. The second kappa shape index (κ2) is 13.8. The van der Waals surface area contributed by atoms with Crippen molar-refractivity contribution in [2.75, 3.05) is 0 Å². The Labute approximate surface area is 375 Å². The predicted molar refractivity (Wildman–Crippen MR) is 270 cm³/mol. The lowest BCUT2D eigenvalue weighted by atomic mass is 9.67. The molecule has 0 radical (unpaired) electrons. The van der Waals surface area contributed by atoms with E-state index in [9.17, 15) is 0 Å². The van der Waals surface area contributed by atoms with E-state index in [0.29, 0.717) is 0 Å². The third-order valence-corrected chi connectivity index (χ3v) is 14.1. The van der Waals surface area contributed by atoms with Crippen LogP contribution in [0.5, 0.6) is 0 Å². The van der Waals surface area contributed by atoms with Crippen molar-refractivity contribution in [2.45, 2.75) is 5.41 Å².